The van der Waals surface area contributed by atoms with Gasteiger partial charge in [0.15, 0.2) is 0 Å². The van der Waals surface area contributed by atoms with Crippen molar-refractivity contribution in [3.63, 3.8) is 0 Å². The molecule has 0 nitrogen and oxygen atoms in total. The van der Waals surface area contributed by atoms with Crippen molar-refractivity contribution in [2.75, 3.05) is 0 Å². The first-order chi connectivity index (χ1) is 10.4. The molecule has 2 unspecified atom stereocenters. The minimum absolute atomic E-state index is 0.637. The lowest BCUT2D eigenvalue weighted by atomic mass is 9.48. The number of fused-ring (bicyclic) bond motifs is 5. The third-order valence-electron chi connectivity index (χ3n) is 9.18. The van der Waals surface area contributed by atoms with Gasteiger partial charge in [0, 0.05) is 0 Å². The van der Waals surface area contributed by atoms with Crippen LogP contribution in [0.2, 0.25) is 0 Å². The first-order valence-corrected chi connectivity index (χ1v) is 10.4. The van der Waals surface area contributed by atoms with Gasteiger partial charge in [0.2, 0.25) is 0 Å². The molecule has 0 spiro atoms. The highest BCUT2D eigenvalue weighted by Gasteiger charge is 2.56. The van der Waals surface area contributed by atoms with Crippen molar-refractivity contribution in [3.05, 3.63) is 0 Å². The average molecular weight is 303 g/mol. The molecule has 0 aromatic carbocycles. The predicted octanol–water partition coefficient (Wildman–Crippen LogP) is 6.69. The standard InChI is InChI=1S/C22H38/c1-5-16-7-9-20-19-8-6-15-14-21(2,3)12-10-17(15)18(19)11-13-22(16,20)4/h15-20H,5-14H2,1-4H3/t15-,16+,17+,18?,19-,20?,22-/m1/s1. The first-order valence-electron chi connectivity index (χ1n) is 10.4. The van der Waals surface area contributed by atoms with Crippen molar-refractivity contribution >= 4 is 0 Å². The molecule has 0 N–H and O–H groups in total. The average Bonchev–Trinajstić information content (AvgIpc) is 2.82. The van der Waals surface area contributed by atoms with Gasteiger partial charge in [-0.25, -0.2) is 0 Å². The summed E-state index contributed by atoms with van der Waals surface area (Å²) in [7, 11) is 0. The molecule has 0 aliphatic heterocycles. The fourth-order valence-electron chi connectivity index (χ4n) is 8.09. The number of hydrogen-bond acceptors (Lipinski definition) is 0. The molecule has 4 aliphatic rings. The van der Waals surface area contributed by atoms with E-state index in [2.05, 4.69) is 27.7 Å². The van der Waals surface area contributed by atoms with E-state index in [1.165, 1.54) is 19.3 Å². The Balaban J connectivity index is 1.54. The lowest BCUT2D eigenvalue weighted by Crippen LogP contribution is -2.49. The van der Waals surface area contributed by atoms with Gasteiger partial charge in [0.05, 0.1) is 0 Å². The molecule has 0 aromatic rings. The first kappa shape index (κ1) is 15.5. The molecule has 4 saturated carbocycles. The molecular formula is C22H38. The van der Waals surface area contributed by atoms with Crippen molar-refractivity contribution in [1.82, 2.24) is 0 Å². The zero-order valence-corrected chi connectivity index (χ0v) is 15.5. The Morgan fingerprint density at radius 2 is 1.55 bits per heavy atom. The second kappa shape index (κ2) is 5.25. The second-order valence-electron chi connectivity index (χ2n) is 10.6. The SMILES string of the molecule is CC[C@H]1CCC2[C@@H]3CC[C@@H]4CC(C)(C)CC[C@@H]4C3CC[C@@]21C. The van der Waals surface area contributed by atoms with E-state index in [1.807, 2.05) is 0 Å². The monoisotopic (exact) mass is 302 g/mol. The minimum Gasteiger partial charge on any atom is -0.0651 e. The summed E-state index contributed by atoms with van der Waals surface area (Å²) in [5, 5.41) is 0. The summed E-state index contributed by atoms with van der Waals surface area (Å²) in [5.41, 5.74) is 1.36. The summed E-state index contributed by atoms with van der Waals surface area (Å²) in [5.74, 6) is 6.55. The molecule has 22 heavy (non-hydrogen) atoms. The Bertz CT molecular complexity index is 422. The normalized spacial score (nSPS) is 53.5. The van der Waals surface area contributed by atoms with Crippen LogP contribution in [-0.2, 0) is 0 Å². The molecule has 0 heterocycles. The molecule has 4 aliphatic carbocycles. The third-order valence-corrected chi connectivity index (χ3v) is 9.18. The molecule has 0 heteroatoms. The van der Waals surface area contributed by atoms with Gasteiger partial charge in [-0.3, -0.25) is 0 Å². The van der Waals surface area contributed by atoms with Crippen molar-refractivity contribution in [2.24, 2.45) is 46.3 Å². The van der Waals surface area contributed by atoms with E-state index in [9.17, 15) is 0 Å². The van der Waals surface area contributed by atoms with Crippen LogP contribution in [0.3, 0.4) is 0 Å². The number of hydrogen-bond donors (Lipinski definition) is 0. The molecule has 0 aromatic heterocycles. The van der Waals surface area contributed by atoms with Gasteiger partial charge in [-0.2, -0.15) is 0 Å². The van der Waals surface area contributed by atoms with E-state index in [0.29, 0.717) is 5.41 Å². The predicted molar refractivity (Wildman–Crippen MR) is 94.7 cm³/mol. The van der Waals surface area contributed by atoms with Gasteiger partial charge < -0.3 is 0 Å². The largest absolute Gasteiger partial charge is 0.0651 e. The molecule has 0 amide bonds. The van der Waals surface area contributed by atoms with Gasteiger partial charge in [0.1, 0.15) is 0 Å². The molecular weight excluding hydrogens is 264 g/mol. The molecule has 4 fully saturated rings. The zero-order chi connectivity index (χ0) is 15.5. The summed E-state index contributed by atoms with van der Waals surface area (Å²) >= 11 is 0. The number of rotatable bonds is 1. The van der Waals surface area contributed by atoms with E-state index in [4.69, 9.17) is 0 Å². The lowest BCUT2D eigenvalue weighted by Gasteiger charge is -2.57. The maximum absolute atomic E-state index is 2.69. The fourth-order valence-corrected chi connectivity index (χ4v) is 8.09. The quantitative estimate of drug-likeness (QED) is 0.506. The van der Waals surface area contributed by atoms with Crippen LogP contribution in [0.5, 0.6) is 0 Å². The van der Waals surface area contributed by atoms with E-state index in [1.54, 1.807) is 44.9 Å². The van der Waals surface area contributed by atoms with Crippen LogP contribution in [0.15, 0.2) is 0 Å². The Morgan fingerprint density at radius 3 is 2.32 bits per heavy atom. The summed E-state index contributed by atoms with van der Waals surface area (Å²) < 4.78 is 0. The van der Waals surface area contributed by atoms with Gasteiger partial charge in [0.25, 0.3) is 0 Å². The third kappa shape index (κ3) is 2.22. The van der Waals surface area contributed by atoms with Crippen molar-refractivity contribution in [3.8, 4) is 0 Å². The highest BCUT2D eigenvalue weighted by Crippen LogP contribution is 2.65. The summed E-state index contributed by atoms with van der Waals surface area (Å²) in [6.07, 6.45) is 15.4. The smallest absolute Gasteiger partial charge is 0.0266 e. The lowest BCUT2D eigenvalue weighted by molar-refractivity contribution is -0.0760. The van der Waals surface area contributed by atoms with Gasteiger partial charge in [-0.15, -0.1) is 0 Å². The van der Waals surface area contributed by atoms with Crippen LogP contribution < -0.4 is 0 Å². The van der Waals surface area contributed by atoms with Crippen LogP contribution in [0.25, 0.3) is 0 Å². The van der Waals surface area contributed by atoms with Gasteiger partial charge in [-0.1, -0.05) is 34.1 Å². The Kier molecular flexibility index (Phi) is 3.70. The van der Waals surface area contributed by atoms with Crippen molar-refractivity contribution in [2.45, 2.75) is 91.9 Å². The van der Waals surface area contributed by atoms with Gasteiger partial charge in [-0.05, 0) is 104 Å². The van der Waals surface area contributed by atoms with E-state index in [0.717, 1.165) is 40.9 Å². The van der Waals surface area contributed by atoms with Crippen molar-refractivity contribution < 1.29 is 0 Å². The Hall–Kier alpha value is 0. The molecule has 126 valence electrons. The summed E-state index contributed by atoms with van der Waals surface area (Å²) in [6, 6.07) is 0. The minimum atomic E-state index is 0.637. The van der Waals surface area contributed by atoms with Crippen molar-refractivity contribution in [1.29, 1.82) is 0 Å². The van der Waals surface area contributed by atoms with E-state index in [-0.39, 0.29) is 0 Å². The maximum atomic E-state index is 2.69. The van der Waals surface area contributed by atoms with Crippen LogP contribution in [-0.4, -0.2) is 0 Å². The van der Waals surface area contributed by atoms with E-state index >= 15 is 0 Å². The van der Waals surface area contributed by atoms with Gasteiger partial charge >= 0.3 is 0 Å². The van der Waals surface area contributed by atoms with E-state index < -0.39 is 0 Å². The maximum Gasteiger partial charge on any atom is -0.0266 e. The topological polar surface area (TPSA) is 0 Å². The summed E-state index contributed by atoms with van der Waals surface area (Å²) in [4.78, 5) is 0. The Morgan fingerprint density at radius 1 is 0.773 bits per heavy atom. The highest BCUT2D eigenvalue weighted by molar-refractivity contribution is 5.06. The van der Waals surface area contributed by atoms with Crippen LogP contribution >= 0.6 is 0 Å². The highest BCUT2D eigenvalue weighted by atomic mass is 14.6. The van der Waals surface area contributed by atoms with Crippen LogP contribution in [0.1, 0.15) is 91.9 Å². The van der Waals surface area contributed by atoms with Crippen LogP contribution in [0.4, 0.5) is 0 Å². The fraction of sp³-hybridized carbons (Fsp3) is 1.00. The summed E-state index contributed by atoms with van der Waals surface area (Å²) in [6.45, 7) is 10.2. The molecule has 7 atom stereocenters. The molecule has 0 bridgehead atoms. The Labute approximate surface area is 138 Å². The zero-order valence-electron chi connectivity index (χ0n) is 15.5. The second-order valence-corrected chi connectivity index (χ2v) is 10.6. The molecule has 0 saturated heterocycles. The molecule has 4 rings (SSSR count). The molecule has 0 radical (unpaired) electrons. The van der Waals surface area contributed by atoms with Crippen LogP contribution in [0, 0.1) is 46.3 Å².